The van der Waals surface area contributed by atoms with E-state index in [0.29, 0.717) is 13.2 Å². The van der Waals surface area contributed by atoms with Crippen molar-refractivity contribution < 1.29 is 33.2 Å². The van der Waals surface area contributed by atoms with Gasteiger partial charge in [-0.3, -0.25) is 0 Å². The van der Waals surface area contributed by atoms with Gasteiger partial charge in [0.2, 0.25) is 5.06 Å². The molecule has 7 nitrogen and oxygen atoms in total. The molecule has 2 aromatic carbocycles. The molecule has 2 aliphatic heterocycles. The van der Waals surface area contributed by atoms with Crippen molar-refractivity contribution >= 4 is 11.6 Å². The van der Waals surface area contributed by atoms with Gasteiger partial charge in [0.1, 0.15) is 18.3 Å². The second-order valence-corrected chi connectivity index (χ2v) is 9.44. The predicted octanol–water partition coefficient (Wildman–Crippen LogP) is 4.06. The molecule has 2 aromatic rings. The lowest BCUT2D eigenvalue weighted by Crippen LogP contribution is -2.68. The fourth-order valence-electron chi connectivity index (χ4n) is 5.08. The highest BCUT2D eigenvalue weighted by Crippen LogP contribution is 2.49. The minimum Gasteiger partial charge on any atom is -0.382 e. The molecule has 0 spiro atoms. The fourth-order valence-corrected chi connectivity index (χ4v) is 5.55. The first-order valence-corrected chi connectivity index (χ1v) is 12.2. The number of methoxy groups -OCH3 is 4. The Bertz CT molecular complexity index is 921. The van der Waals surface area contributed by atoms with Crippen molar-refractivity contribution in [2.75, 3.05) is 54.9 Å². The number of alkyl halides is 1. The zero-order valence-electron chi connectivity index (χ0n) is 20.8. The van der Waals surface area contributed by atoms with Crippen molar-refractivity contribution in [1.29, 1.82) is 0 Å². The SMILES string of the molecule is COCC1OCC(OC)(c2ccc(C(O[C@H]3CCOC3)c3ccccc3)cc2)C(Cl)(OC)C1OC. The number of ether oxygens (including phenoxy) is 7. The highest BCUT2D eigenvalue weighted by molar-refractivity contribution is 6.24. The summed E-state index contributed by atoms with van der Waals surface area (Å²) >= 11 is 7.18. The Hall–Kier alpha value is -1.55. The van der Waals surface area contributed by atoms with Crippen LogP contribution in [0.1, 0.15) is 29.2 Å². The molecule has 8 heteroatoms. The molecule has 0 radical (unpaired) electrons. The molecule has 5 unspecified atom stereocenters. The van der Waals surface area contributed by atoms with Crippen molar-refractivity contribution in [3.63, 3.8) is 0 Å². The summed E-state index contributed by atoms with van der Waals surface area (Å²) in [5, 5.41) is -1.35. The minimum atomic E-state index is -1.35. The number of benzene rings is 2. The quantitative estimate of drug-likeness (QED) is 0.450. The molecule has 0 aliphatic carbocycles. The van der Waals surface area contributed by atoms with E-state index >= 15 is 0 Å². The van der Waals surface area contributed by atoms with E-state index in [4.69, 9.17) is 44.8 Å². The van der Waals surface area contributed by atoms with Gasteiger partial charge in [0.25, 0.3) is 0 Å². The third kappa shape index (κ3) is 5.02. The third-order valence-corrected chi connectivity index (χ3v) is 7.66. The highest BCUT2D eigenvalue weighted by atomic mass is 35.5. The van der Waals surface area contributed by atoms with Crippen LogP contribution >= 0.6 is 11.6 Å². The van der Waals surface area contributed by atoms with Crippen LogP contribution < -0.4 is 0 Å². The largest absolute Gasteiger partial charge is 0.382 e. The second-order valence-electron chi connectivity index (χ2n) is 8.88. The Kier molecular flexibility index (Phi) is 8.84. The Balaban J connectivity index is 1.68. The lowest BCUT2D eigenvalue weighted by atomic mass is 9.80. The molecule has 2 aliphatic rings. The van der Waals surface area contributed by atoms with Crippen LogP contribution in [0.25, 0.3) is 0 Å². The zero-order valence-corrected chi connectivity index (χ0v) is 21.5. The third-order valence-electron chi connectivity index (χ3n) is 6.98. The Morgan fingerprint density at radius 3 is 2.26 bits per heavy atom. The molecule has 0 bridgehead atoms. The fraction of sp³-hybridized carbons (Fsp3) is 0.556. The van der Waals surface area contributed by atoms with Gasteiger partial charge in [-0.15, -0.1) is 0 Å². The van der Waals surface area contributed by atoms with Crippen LogP contribution in [0.15, 0.2) is 54.6 Å². The van der Waals surface area contributed by atoms with E-state index in [1.165, 1.54) is 0 Å². The van der Waals surface area contributed by atoms with E-state index in [1.807, 2.05) is 42.5 Å². The normalized spacial score (nSPS) is 32.0. The summed E-state index contributed by atoms with van der Waals surface area (Å²) < 4.78 is 41.2. The van der Waals surface area contributed by atoms with Crippen LogP contribution in [0.2, 0.25) is 0 Å². The summed E-state index contributed by atoms with van der Waals surface area (Å²) in [4.78, 5) is 0. The minimum absolute atomic E-state index is 0.0566. The van der Waals surface area contributed by atoms with Crippen LogP contribution in [-0.2, 0) is 38.8 Å². The molecule has 4 rings (SSSR count). The van der Waals surface area contributed by atoms with Crippen LogP contribution in [0.5, 0.6) is 0 Å². The Morgan fingerprint density at radius 2 is 1.69 bits per heavy atom. The standard InChI is InChI=1S/C27H35ClO7/c1-29-17-23-25(30-2)27(28,32-4)26(31-3,18-34-23)21-12-10-20(11-13-21)24(19-8-6-5-7-9-19)35-22-14-15-33-16-22/h5-13,22-25H,14-18H2,1-4H3/t22-,23?,24?,25?,26?,27?/m0/s1. The first-order chi connectivity index (χ1) is 17.0. The average molecular weight is 507 g/mol. The van der Waals surface area contributed by atoms with Gasteiger partial charge in [0, 0.05) is 35.0 Å². The average Bonchev–Trinajstić information content (AvgIpc) is 3.42. The van der Waals surface area contributed by atoms with Crippen molar-refractivity contribution in [3.8, 4) is 0 Å². The Morgan fingerprint density at radius 1 is 0.971 bits per heavy atom. The molecule has 2 heterocycles. The summed E-state index contributed by atoms with van der Waals surface area (Å²) in [5.74, 6) is 0. The van der Waals surface area contributed by atoms with Crippen molar-refractivity contribution in [1.82, 2.24) is 0 Å². The molecule has 0 aromatic heterocycles. The van der Waals surface area contributed by atoms with Gasteiger partial charge >= 0.3 is 0 Å². The number of hydrogen-bond donors (Lipinski definition) is 0. The summed E-state index contributed by atoms with van der Waals surface area (Å²) in [5.41, 5.74) is 1.80. The number of rotatable bonds is 10. The smallest absolute Gasteiger partial charge is 0.205 e. The van der Waals surface area contributed by atoms with Crippen LogP contribution in [0.3, 0.4) is 0 Å². The maximum Gasteiger partial charge on any atom is 0.205 e. The van der Waals surface area contributed by atoms with Gasteiger partial charge in [-0.25, -0.2) is 0 Å². The molecule has 0 N–H and O–H groups in total. The molecule has 192 valence electrons. The molecule has 2 saturated heterocycles. The molecular weight excluding hydrogens is 472 g/mol. The number of halogens is 1. The molecule has 35 heavy (non-hydrogen) atoms. The lowest BCUT2D eigenvalue weighted by molar-refractivity contribution is -0.286. The summed E-state index contributed by atoms with van der Waals surface area (Å²) in [6.07, 6.45) is -0.324. The maximum atomic E-state index is 7.18. The molecule has 0 amide bonds. The van der Waals surface area contributed by atoms with Crippen LogP contribution in [0, 0.1) is 0 Å². The van der Waals surface area contributed by atoms with Crippen LogP contribution in [-0.4, -0.2) is 78.2 Å². The zero-order chi connectivity index (χ0) is 24.9. The summed E-state index contributed by atoms with van der Waals surface area (Å²) in [6.45, 7) is 1.82. The van der Waals surface area contributed by atoms with Gasteiger partial charge in [-0.1, -0.05) is 66.2 Å². The van der Waals surface area contributed by atoms with Gasteiger partial charge in [-0.2, -0.15) is 0 Å². The molecule has 0 saturated carbocycles. The Labute approximate surface area is 212 Å². The van der Waals surface area contributed by atoms with Gasteiger partial charge < -0.3 is 33.2 Å². The van der Waals surface area contributed by atoms with Crippen LogP contribution in [0.4, 0.5) is 0 Å². The van der Waals surface area contributed by atoms with Crippen molar-refractivity contribution in [2.45, 2.75) is 41.5 Å². The van der Waals surface area contributed by atoms with E-state index in [9.17, 15) is 0 Å². The molecular formula is C27H35ClO7. The van der Waals surface area contributed by atoms with Gasteiger partial charge in [0.05, 0.1) is 25.9 Å². The van der Waals surface area contributed by atoms with E-state index in [2.05, 4.69) is 12.1 Å². The molecule has 6 atom stereocenters. The lowest BCUT2D eigenvalue weighted by Gasteiger charge is -2.53. The predicted molar refractivity (Wildman–Crippen MR) is 132 cm³/mol. The van der Waals surface area contributed by atoms with Crippen molar-refractivity contribution in [3.05, 3.63) is 71.3 Å². The summed E-state index contributed by atoms with van der Waals surface area (Å²) in [7, 11) is 6.35. The van der Waals surface area contributed by atoms with E-state index in [1.54, 1.807) is 28.4 Å². The van der Waals surface area contributed by atoms with Gasteiger partial charge in [-0.05, 0) is 23.1 Å². The molecule has 2 fully saturated rings. The van der Waals surface area contributed by atoms with E-state index in [-0.39, 0.29) is 18.8 Å². The van der Waals surface area contributed by atoms with E-state index < -0.39 is 22.9 Å². The summed E-state index contributed by atoms with van der Waals surface area (Å²) in [6, 6.07) is 18.3. The highest BCUT2D eigenvalue weighted by Gasteiger charge is 2.63. The first-order valence-electron chi connectivity index (χ1n) is 11.8. The maximum absolute atomic E-state index is 7.18. The van der Waals surface area contributed by atoms with Crippen molar-refractivity contribution in [2.24, 2.45) is 0 Å². The monoisotopic (exact) mass is 506 g/mol. The second kappa shape index (κ2) is 11.7. The number of hydrogen-bond acceptors (Lipinski definition) is 7. The van der Waals surface area contributed by atoms with Gasteiger partial charge in [0.15, 0.2) is 5.60 Å². The topological polar surface area (TPSA) is 64.6 Å². The van der Waals surface area contributed by atoms with E-state index in [0.717, 1.165) is 29.7 Å². The first kappa shape index (κ1) is 26.5.